The topological polar surface area (TPSA) is 609 Å². The molecule has 0 spiro atoms. The Balaban J connectivity index is 1.13. The molecule has 20 N–H and O–H groups in total. The van der Waals surface area contributed by atoms with Gasteiger partial charge in [0.15, 0.2) is 74.4 Å². The number of hydrogen-bond donors (Lipinski definition) is 20. The Kier molecular flexibility index (Phi) is 18.3. The monoisotopic (exact) mass is 1070 g/mol. The minimum Gasteiger partial charge on any atom is -0.479 e. The van der Waals surface area contributed by atoms with E-state index in [4.69, 9.17) is 47.4 Å². The van der Waals surface area contributed by atoms with Gasteiger partial charge in [0.05, 0.1) is 0 Å². The van der Waals surface area contributed by atoms with Crippen LogP contribution in [0.1, 0.15) is 0 Å². The molecule has 0 amide bonds. The molecule has 6 fully saturated rings. The number of aliphatic hydroxyl groups is 14. The highest BCUT2D eigenvalue weighted by Crippen LogP contribution is 2.37. The average molecular weight is 1070 g/mol. The first-order valence-electron chi connectivity index (χ1n) is 21.1. The van der Waals surface area contributed by atoms with E-state index in [2.05, 4.69) is 4.74 Å². The molecule has 0 aliphatic carbocycles. The normalized spacial score (nSPS) is 49.6. The minimum absolute atomic E-state index is 1.90. The summed E-state index contributed by atoms with van der Waals surface area (Å²) in [5.41, 5.74) is 0. The third kappa shape index (κ3) is 11.5. The first-order valence-corrected chi connectivity index (χ1v) is 21.1. The molecule has 0 saturated carbocycles. The molecule has 37 heteroatoms. The van der Waals surface area contributed by atoms with Crippen molar-refractivity contribution >= 4 is 35.8 Å². The van der Waals surface area contributed by atoms with Crippen LogP contribution >= 0.6 is 0 Å². The van der Waals surface area contributed by atoms with Gasteiger partial charge >= 0.3 is 35.8 Å². The van der Waals surface area contributed by atoms with Gasteiger partial charge in [-0.05, 0) is 0 Å². The maximum atomic E-state index is 12.5. The molecule has 0 bridgehead atoms. The van der Waals surface area contributed by atoms with Crippen LogP contribution in [0.5, 0.6) is 0 Å². The van der Waals surface area contributed by atoms with E-state index < -0.39 is 220 Å². The lowest BCUT2D eigenvalue weighted by Crippen LogP contribution is -2.69. The third-order valence-electron chi connectivity index (χ3n) is 12.2. The van der Waals surface area contributed by atoms with Crippen molar-refractivity contribution in [3.63, 3.8) is 0 Å². The Morgan fingerprint density at radius 3 is 0.658 bits per heavy atom. The van der Waals surface area contributed by atoms with Crippen LogP contribution in [-0.4, -0.2) is 322 Å². The molecule has 0 aromatic heterocycles. The number of aliphatic carboxylic acids is 6. The van der Waals surface area contributed by atoms with Crippen LogP contribution < -0.4 is 0 Å². The molecular formula is C36H50O37. The maximum Gasteiger partial charge on any atom is 0.335 e. The van der Waals surface area contributed by atoms with Gasteiger partial charge in [-0.1, -0.05) is 0 Å². The maximum absolute atomic E-state index is 12.5. The van der Waals surface area contributed by atoms with Crippen molar-refractivity contribution in [2.24, 2.45) is 0 Å². The molecule has 6 rings (SSSR count). The number of rotatable bonds is 16. The molecule has 73 heavy (non-hydrogen) atoms. The predicted octanol–water partition coefficient (Wildman–Crippen LogP) is -13.5. The average Bonchev–Trinajstić information content (AvgIpc) is 3.31. The van der Waals surface area contributed by atoms with Crippen molar-refractivity contribution in [1.29, 1.82) is 0 Å². The molecule has 0 aromatic carbocycles. The highest BCUT2D eigenvalue weighted by molar-refractivity contribution is 5.76. The van der Waals surface area contributed by atoms with Gasteiger partial charge in [0.1, 0.15) is 110 Å². The summed E-state index contributed by atoms with van der Waals surface area (Å²) in [5, 5.41) is 207. The summed E-state index contributed by atoms with van der Waals surface area (Å²) in [4.78, 5) is 72.8. The van der Waals surface area contributed by atoms with Crippen molar-refractivity contribution in [3.8, 4) is 0 Å². The molecule has 0 radical (unpaired) electrons. The Morgan fingerprint density at radius 2 is 0.425 bits per heavy atom. The summed E-state index contributed by atoms with van der Waals surface area (Å²) >= 11 is 0. The van der Waals surface area contributed by atoms with Gasteiger partial charge < -0.3 is 154 Å². The largest absolute Gasteiger partial charge is 0.479 e. The van der Waals surface area contributed by atoms with Crippen LogP contribution in [0.3, 0.4) is 0 Å². The second-order valence-corrected chi connectivity index (χ2v) is 17.0. The van der Waals surface area contributed by atoms with E-state index in [1.807, 2.05) is 0 Å². The SMILES string of the molecule is O=C(O)C1O[C@@H](O[C@@H]2C(C(=O)O)O[C@@H](O[C@@H]3C(C(=O)O)O[C@@H](O[C@@H]4C(C(=O)O)O[C@@H](O[C@@H]5C(C(=O)O)O[C@@H](O[C@@H]6C(C(=O)O)O[C@@H](O)C(O)[C@@H]6O)C(O)[C@@H]5O)C(O)[C@@H]4O)C(O)[C@@H]3O)C(O)[C@@H]2O)C(O)[C@H](O)[C@@H]1O. The number of ether oxygens (including phenoxy) is 11. The van der Waals surface area contributed by atoms with Gasteiger partial charge in [-0.15, -0.1) is 0 Å². The lowest BCUT2D eigenvalue weighted by atomic mass is 9.95. The third-order valence-corrected chi connectivity index (χ3v) is 12.2. The van der Waals surface area contributed by atoms with E-state index >= 15 is 0 Å². The smallest absolute Gasteiger partial charge is 0.335 e. The van der Waals surface area contributed by atoms with Crippen LogP contribution in [0.15, 0.2) is 0 Å². The molecule has 0 aromatic rings. The van der Waals surface area contributed by atoms with Gasteiger partial charge in [-0.2, -0.15) is 0 Å². The van der Waals surface area contributed by atoms with Crippen molar-refractivity contribution in [3.05, 3.63) is 0 Å². The molecule has 6 saturated heterocycles. The summed E-state index contributed by atoms with van der Waals surface area (Å²) in [6, 6.07) is 0. The fraction of sp³-hybridized carbons (Fsp3) is 0.833. The highest BCUT2D eigenvalue weighted by Gasteiger charge is 2.60. The summed E-state index contributed by atoms with van der Waals surface area (Å²) in [6.07, 6.45) is -73.7. The number of carboxylic acids is 6. The number of carboxylic acid groups (broad SMARTS) is 6. The van der Waals surface area contributed by atoms with Crippen molar-refractivity contribution < 1.29 is 183 Å². The molecule has 6 heterocycles. The molecule has 6 aliphatic rings. The Labute approximate surface area is 403 Å². The van der Waals surface area contributed by atoms with E-state index in [1.54, 1.807) is 0 Å². The summed E-state index contributed by atoms with van der Waals surface area (Å²) < 4.78 is 56.5. The fourth-order valence-corrected chi connectivity index (χ4v) is 8.34. The summed E-state index contributed by atoms with van der Waals surface area (Å²) in [6.45, 7) is 0. The van der Waals surface area contributed by atoms with Crippen LogP contribution in [0.25, 0.3) is 0 Å². The lowest BCUT2D eigenvalue weighted by molar-refractivity contribution is -0.386. The fourth-order valence-electron chi connectivity index (χ4n) is 8.34. The second-order valence-electron chi connectivity index (χ2n) is 17.0. The Bertz CT molecular complexity index is 1990. The van der Waals surface area contributed by atoms with Gasteiger partial charge in [0.2, 0.25) is 0 Å². The molecule has 12 unspecified atom stereocenters. The molecule has 37 nitrogen and oxygen atoms in total. The van der Waals surface area contributed by atoms with Gasteiger partial charge in [0.25, 0.3) is 0 Å². The van der Waals surface area contributed by atoms with Crippen LogP contribution in [0, 0.1) is 0 Å². The zero-order chi connectivity index (χ0) is 54.6. The predicted molar refractivity (Wildman–Crippen MR) is 202 cm³/mol. The zero-order valence-corrected chi connectivity index (χ0v) is 36.2. The first kappa shape index (κ1) is 58.1. The van der Waals surface area contributed by atoms with Crippen LogP contribution in [-0.2, 0) is 80.9 Å². The lowest BCUT2D eigenvalue weighted by Gasteiger charge is -2.48. The van der Waals surface area contributed by atoms with Crippen LogP contribution in [0.4, 0.5) is 0 Å². The first-order chi connectivity index (χ1) is 34.0. The van der Waals surface area contributed by atoms with Crippen molar-refractivity contribution in [2.75, 3.05) is 0 Å². The minimum atomic E-state index is -2.64. The Hall–Kier alpha value is -4.18. The van der Waals surface area contributed by atoms with Crippen LogP contribution in [0.2, 0.25) is 0 Å². The van der Waals surface area contributed by atoms with E-state index in [1.165, 1.54) is 0 Å². The zero-order valence-electron chi connectivity index (χ0n) is 36.2. The Morgan fingerprint density at radius 1 is 0.233 bits per heavy atom. The van der Waals surface area contributed by atoms with Crippen molar-refractivity contribution in [2.45, 2.75) is 184 Å². The highest BCUT2D eigenvalue weighted by atomic mass is 16.8. The van der Waals surface area contributed by atoms with Gasteiger partial charge in [0, 0.05) is 0 Å². The van der Waals surface area contributed by atoms with E-state index in [-0.39, 0.29) is 0 Å². The molecular weight excluding hydrogens is 1020 g/mol. The standard InChI is InChI=1S/C36H50O37/c37-1-2(38)19(25(50)51)69-32(9(1)45)65-15-4(40)11(47)34(71-21(15)27(54)55)67-17-6(42)13(49)36(73-23(17)29(58)59)68-18-7(43)12(48)35(72-24(18)30(60)61)66-16-5(41)10(46)33(70-22(16)28(56)57)64-14-3(39)8(44)31(62)63-20(14)26(52)53/h1-24,31-49,62H,(H,50,51)(H,52,53)(H,54,55)(H,56,57)(H,58,59)(H,60,61)/t1-,2+,3+,4+,5+,6+,7+,8?,9?,10?,11?,12?,13?,14+,15+,16+,17+,18+,19?,20?,21?,22?,23?,24?,31-,32-,33-,34-,35-,36-/m1/s1. The number of carbonyl (C=O) groups is 6. The van der Waals surface area contributed by atoms with E-state index in [0.717, 1.165) is 0 Å². The number of aliphatic hydroxyl groups excluding tert-OH is 14. The molecule has 6 aliphatic heterocycles. The second kappa shape index (κ2) is 23.0. The molecule has 416 valence electrons. The van der Waals surface area contributed by atoms with Gasteiger partial charge in [-0.3, -0.25) is 0 Å². The van der Waals surface area contributed by atoms with E-state index in [9.17, 15) is 131 Å². The summed E-state index contributed by atoms with van der Waals surface area (Å²) in [5.74, 6) is -12.2. The summed E-state index contributed by atoms with van der Waals surface area (Å²) in [7, 11) is 0. The quantitative estimate of drug-likeness (QED) is 0.0682. The van der Waals surface area contributed by atoms with Crippen molar-refractivity contribution in [1.82, 2.24) is 0 Å². The number of hydrogen-bond acceptors (Lipinski definition) is 31. The van der Waals surface area contributed by atoms with Gasteiger partial charge in [-0.25, -0.2) is 28.8 Å². The molecule has 30 atom stereocenters. The van der Waals surface area contributed by atoms with E-state index in [0.29, 0.717) is 0 Å².